The predicted molar refractivity (Wildman–Crippen MR) is 124 cm³/mol. The Balaban J connectivity index is 0.00000392. The van der Waals surface area contributed by atoms with E-state index < -0.39 is 0 Å². The van der Waals surface area contributed by atoms with Crippen LogP contribution in [0, 0.1) is 0 Å². The van der Waals surface area contributed by atoms with Crippen molar-refractivity contribution in [2.45, 2.75) is 52.7 Å². The summed E-state index contributed by atoms with van der Waals surface area (Å²) in [7, 11) is 0. The monoisotopic (exact) mass is 500 g/mol. The van der Waals surface area contributed by atoms with Crippen LogP contribution in [0.5, 0.6) is 0 Å². The van der Waals surface area contributed by atoms with Gasteiger partial charge < -0.3 is 19.9 Å². The molecule has 6 nitrogen and oxygen atoms in total. The number of benzene rings is 1. The second-order valence-electron chi connectivity index (χ2n) is 6.39. The summed E-state index contributed by atoms with van der Waals surface area (Å²) in [6.07, 6.45) is 2.14. The highest BCUT2D eigenvalue weighted by molar-refractivity contribution is 14.0. The minimum atomic E-state index is 0. The number of hydrogen-bond donors (Lipinski definition) is 2. The van der Waals surface area contributed by atoms with Crippen molar-refractivity contribution in [2.75, 3.05) is 19.7 Å². The molecule has 0 bridgehead atoms. The van der Waals surface area contributed by atoms with Crippen molar-refractivity contribution in [3.8, 4) is 0 Å². The zero-order valence-electron chi connectivity index (χ0n) is 17.1. The van der Waals surface area contributed by atoms with E-state index in [1.54, 1.807) is 0 Å². The summed E-state index contributed by atoms with van der Waals surface area (Å²) < 4.78 is 11.1. The molecule has 1 aromatic heterocycles. The average molecular weight is 500 g/mol. The number of ether oxygens (including phenoxy) is 1. The second-order valence-corrected chi connectivity index (χ2v) is 6.39. The molecule has 0 atom stereocenters. The van der Waals surface area contributed by atoms with Gasteiger partial charge in [-0.1, -0.05) is 49.3 Å². The molecule has 1 aromatic carbocycles. The van der Waals surface area contributed by atoms with Crippen molar-refractivity contribution in [1.82, 2.24) is 15.8 Å². The van der Waals surface area contributed by atoms with Gasteiger partial charge in [0.15, 0.2) is 11.7 Å². The maximum atomic E-state index is 5.69. The van der Waals surface area contributed by atoms with Gasteiger partial charge >= 0.3 is 0 Å². The smallest absolute Gasteiger partial charge is 0.191 e. The van der Waals surface area contributed by atoms with Crippen LogP contribution in [0.4, 0.5) is 0 Å². The van der Waals surface area contributed by atoms with Crippen LogP contribution in [-0.4, -0.2) is 30.8 Å². The first-order valence-corrected chi connectivity index (χ1v) is 9.86. The van der Waals surface area contributed by atoms with Crippen molar-refractivity contribution in [1.29, 1.82) is 0 Å². The third kappa shape index (κ3) is 8.60. The molecule has 0 aliphatic rings. The predicted octanol–water partition coefficient (Wildman–Crippen LogP) is 4.47. The molecule has 156 valence electrons. The quantitative estimate of drug-likeness (QED) is 0.206. The van der Waals surface area contributed by atoms with Gasteiger partial charge in [-0.05, 0) is 25.3 Å². The minimum absolute atomic E-state index is 0. The second kappa shape index (κ2) is 14.4. The third-order valence-electron chi connectivity index (χ3n) is 4.37. The molecule has 0 fully saturated rings. The van der Waals surface area contributed by atoms with E-state index in [4.69, 9.17) is 9.26 Å². The molecular weight excluding hydrogens is 467 g/mol. The Labute approximate surface area is 185 Å². The van der Waals surface area contributed by atoms with Gasteiger partial charge in [0.05, 0.1) is 18.9 Å². The summed E-state index contributed by atoms with van der Waals surface area (Å²) >= 11 is 0. The number of guanidine groups is 1. The Bertz CT molecular complexity index is 672. The van der Waals surface area contributed by atoms with E-state index in [2.05, 4.69) is 46.8 Å². The van der Waals surface area contributed by atoms with E-state index in [9.17, 15) is 0 Å². The fourth-order valence-corrected chi connectivity index (χ4v) is 2.81. The molecule has 7 heteroatoms. The fourth-order valence-electron chi connectivity index (χ4n) is 2.81. The zero-order chi connectivity index (χ0) is 19.3. The number of hydrogen-bond acceptors (Lipinski definition) is 4. The van der Waals surface area contributed by atoms with Crippen LogP contribution < -0.4 is 10.6 Å². The molecule has 0 aliphatic carbocycles. The summed E-state index contributed by atoms with van der Waals surface area (Å²) in [6, 6.07) is 12.2. The number of aliphatic imine (C=N–C) groups is 1. The summed E-state index contributed by atoms with van der Waals surface area (Å²) in [5.41, 5.74) is 2.20. The van der Waals surface area contributed by atoms with E-state index >= 15 is 0 Å². The molecule has 1 heterocycles. The maximum absolute atomic E-state index is 5.69. The number of nitrogens with zero attached hydrogens (tertiary/aromatic N) is 2. The van der Waals surface area contributed by atoms with Gasteiger partial charge in [-0.3, -0.25) is 0 Å². The summed E-state index contributed by atoms with van der Waals surface area (Å²) in [4.78, 5) is 4.57. The number of rotatable bonds is 11. The van der Waals surface area contributed by atoms with Crippen molar-refractivity contribution >= 4 is 29.9 Å². The molecule has 2 N–H and O–H groups in total. The highest BCUT2D eigenvalue weighted by Crippen LogP contribution is 2.22. The van der Waals surface area contributed by atoms with E-state index in [1.165, 1.54) is 5.56 Å². The molecular formula is C21H33IN4O2. The Kier molecular flexibility index (Phi) is 12.6. The molecule has 0 spiro atoms. The first-order chi connectivity index (χ1) is 13.3. The van der Waals surface area contributed by atoms with Crippen LogP contribution in [0.15, 0.2) is 45.9 Å². The number of aromatic nitrogens is 1. The lowest BCUT2D eigenvalue weighted by Gasteiger charge is -2.11. The molecule has 2 rings (SSSR count). The molecule has 2 aromatic rings. The summed E-state index contributed by atoms with van der Waals surface area (Å²) in [5, 5.41) is 10.7. The van der Waals surface area contributed by atoms with E-state index in [0.29, 0.717) is 32.2 Å². The van der Waals surface area contributed by atoms with Crippen LogP contribution in [-0.2, 0) is 17.9 Å². The van der Waals surface area contributed by atoms with E-state index in [0.717, 1.165) is 36.8 Å². The number of halogens is 1. The van der Waals surface area contributed by atoms with E-state index in [-0.39, 0.29) is 24.0 Å². The van der Waals surface area contributed by atoms with Gasteiger partial charge in [0, 0.05) is 25.1 Å². The van der Waals surface area contributed by atoms with Crippen molar-refractivity contribution in [3.63, 3.8) is 0 Å². The van der Waals surface area contributed by atoms with E-state index in [1.807, 2.05) is 31.2 Å². The van der Waals surface area contributed by atoms with Gasteiger partial charge in [0.25, 0.3) is 0 Å². The molecule has 0 radical (unpaired) electrons. The minimum Gasteiger partial charge on any atom is -0.375 e. The SMILES string of the molecule is CCNC(=NCc1cc(C(CC)CC)no1)NCCOCc1ccccc1.I. The normalized spacial score (nSPS) is 11.4. The third-order valence-corrected chi connectivity index (χ3v) is 4.37. The lowest BCUT2D eigenvalue weighted by atomic mass is 9.99. The highest BCUT2D eigenvalue weighted by atomic mass is 127. The number of nitrogens with one attached hydrogen (secondary N) is 2. The summed E-state index contributed by atoms with van der Waals surface area (Å²) in [5.74, 6) is 2.00. The van der Waals surface area contributed by atoms with Crippen LogP contribution in [0.25, 0.3) is 0 Å². The van der Waals surface area contributed by atoms with Crippen LogP contribution in [0.1, 0.15) is 56.5 Å². The van der Waals surface area contributed by atoms with Gasteiger partial charge in [-0.25, -0.2) is 4.99 Å². The van der Waals surface area contributed by atoms with Gasteiger partial charge in [-0.15, -0.1) is 24.0 Å². The molecule has 28 heavy (non-hydrogen) atoms. The Hall–Kier alpha value is -1.61. The topological polar surface area (TPSA) is 71.7 Å². The largest absolute Gasteiger partial charge is 0.375 e. The maximum Gasteiger partial charge on any atom is 0.191 e. The highest BCUT2D eigenvalue weighted by Gasteiger charge is 2.12. The molecule has 0 amide bonds. The van der Waals surface area contributed by atoms with Crippen LogP contribution in [0.2, 0.25) is 0 Å². The van der Waals surface area contributed by atoms with Gasteiger partial charge in [0.2, 0.25) is 0 Å². The van der Waals surface area contributed by atoms with Crippen LogP contribution in [0.3, 0.4) is 0 Å². The van der Waals surface area contributed by atoms with Crippen molar-refractivity contribution in [3.05, 3.63) is 53.4 Å². The fraction of sp³-hybridized carbons (Fsp3) is 0.524. The zero-order valence-corrected chi connectivity index (χ0v) is 19.4. The first kappa shape index (κ1) is 24.4. The Morgan fingerprint density at radius 1 is 1.14 bits per heavy atom. The Morgan fingerprint density at radius 3 is 2.57 bits per heavy atom. The first-order valence-electron chi connectivity index (χ1n) is 9.86. The Morgan fingerprint density at radius 2 is 1.89 bits per heavy atom. The molecule has 0 saturated heterocycles. The summed E-state index contributed by atoms with van der Waals surface area (Å²) in [6.45, 7) is 9.57. The molecule has 0 aliphatic heterocycles. The van der Waals surface area contributed by atoms with Gasteiger partial charge in [-0.2, -0.15) is 0 Å². The lowest BCUT2D eigenvalue weighted by molar-refractivity contribution is 0.125. The molecule has 0 saturated carbocycles. The standard InChI is InChI=1S/C21H32N4O2.HI/c1-4-18(5-2)20-14-19(27-25-20)15-24-21(22-6-3)23-12-13-26-16-17-10-8-7-9-11-17;/h7-11,14,18H,4-6,12-13,15-16H2,1-3H3,(H2,22,23,24);1H. The lowest BCUT2D eigenvalue weighted by Crippen LogP contribution is -2.38. The van der Waals surface area contributed by atoms with Gasteiger partial charge in [0.1, 0.15) is 6.54 Å². The van der Waals surface area contributed by atoms with Crippen molar-refractivity contribution < 1.29 is 9.26 Å². The van der Waals surface area contributed by atoms with Crippen LogP contribution >= 0.6 is 24.0 Å². The average Bonchev–Trinajstić information content (AvgIpc) is 3.16. The molecule has 0 unspecified atom stereocenters. The van der Waals surface area contributed by atoms with Crippen molar-refractivity contribution in [2.24, 2.45) is 4.99 Å².